The van der Waals surface area contributed by atoms with Crippen LogP contribution in [-0.4, -0.2) is 45.4 Å². The van der Waals surface area contributed by atoms with E-state index in [1.807, 2.05) is 18.2 Å². The second kappa shape index (κ2) is 9.47. The van der Waals surface area contributed by atoms with Gasteiger partial charge in [0.2, 0.25) is 0 Å². The molecule has 3 rings (SSSR count). The first-order chi connectivity index (χ1) is 13.2. The Kier molecular flexibility index (Phi) is 7.02. The van der Waals surface area contributed by atoms with Crippen LogP contribution in [0.15, 0.2) is 35.3 Å². The van der Waals surface area contributed by atoms with E-state index in [4.69, 9.17) is 26.1 Å². The Morgan fingerprint density at radius 1 is 1.30 bits per heavy atom. The molecule has 2 N–H and O–H groups in total. The minimum absolute atomic E-state index is 0.134. The quantitative estimate of drug-likeness (QED) is 0.441. The standard InChI is InChI=1S/C21H30ClN3O2/c1-3-23-20(25-17-6-4-5-7-17)24-15-21(10-12-27-13-11-21)18-14-16(22)8-9-19(18)26-2/h4-5,8-9,14,17H,3,6-7,10-13,15H2,1-2H3,(H2,23,24,25). The fraction of sp³-hybridized carbons (Fsp3) is 0.571. The van der Waals surface area contributed by atoms with Crippen LogP contribution in [0.5, 0.6) is 5.75 Å². The lowest BCUT2D eigenvalue weighted by atomic mass is 9.73. The third-order valence-corrected chi connectivity index (χ3v) is 5.65. The van der Waals surface area contributed by atoms with Crippen molar-refractivity contribution < 1.29 is 9.47 Å². The number of nitrogens with zero attached hydrogens (tertiary/aromatic N) is 1. The van der Waals surface area contributed by atoms with Crippen LogP contribution in [-0.2, 0) is 10.2 Å². The normalized spacial score (nSPS) is 19.9. The van der Waals surface area contributed by atoms with Crippen molar-refractivity contribution in [2.45, 2.75) is 44.1 Å². The summed E-state index contributed by atoms with van der Waals surface area (Å²) in [6, 6.07) is 6.28. The summed E-state index contributed by atoms with van der Waals surface area (Å²) in [5, 5.41) is 7.66. The second-order valence-electron chi connectivity index (χ2n) is 7.22. The highest BCUT2D eigenvalue weighted by atomic mass is 35.5. The molecule has 0 radical (unpaired) electrons. The maximum Gasteiger partial charge on any atom is 0.191 e. The number of halogens is 1. The van der Waals surface area contributed by atoms with Crippen LogP contribution in [0.1, 0.15) is 38.2 Å². The van der Waals surface area contributed by atoms with Crippen LogP contribution in [0.2, 0.25) is 5.02 Å². The molecule has 0 unspecified atom stereocenters. The van der Waals surface area contributed by atoms with Crippen molar-refractivity contribution in [3.63, 3.8) is 0 Å². The molecule has 0 saturated carbocycles. The van der Waals surface area contributed by atoms with Crippen LogP contribution in [0, 0.1) is 0 Å². The van der Waals surface area contributed by atoms with Gasteiger partial charge in [-0.25, -0.2) is 0 Å². The predicted molar refractivity (Wildman–Crippen MR) is 111 cm³/mol. The minimum atomic E-state index is -0.134. The molecule has 0 bridgehead atoms. The molecule has 1 saturated heterocycles. The Morgan fingerprint density at radius 3 is 2.70 bits per heavy atom. The number of benzene rings is 1. The molecule has 27 heavy (non-hydrogen) atoms. The van der Waals surface area contributed by atoms with Crippen molar-refractivity contribution >= 4 is 17.6 Å². The molecule has 2 aliphatic rings. The van der Waals surface area contributed by atoms with Crippen LogP contribution in [0.25, 0.3) is 0 Å². The molecule has 6 heteroatoms. The van der Waals surface area contributed by atoms with E-state index < -0.39 is 0 Å². The Bertz CT molecular complexity index is 676. The molecular formula is C21H30ClN3O2. The molecule has 1 aromatic rings. The van der Waals surface area contributed by atoms with Crippen molar-refractivity contribution in [1.29, 1.82) is 0 Å². The van der Waals surface area contributed by atoms with Crippen molar-refractivity contribution in [2.75, 3.05) is 33.4 Å². The molecule has 1 aliphatic carbocycles. The molecule has 1 fully saturated rings. The summed E-state index contributed by atoms with van der Waals surface area (Å²) >= 11 is 6.33. The topological polar surface area (TPSA) is 54.9 Å². The zero-order valence-electron chi connectivity index (χ0n) is 16.3. The van der Waals surface area contributed by atoms with Gasteiger partial charge in [0, 0.05) is 41.8 Å². The Labute approximate surface area is 167 Å². The molecule has 0 aromatic heterocycles. The van der Waals surface area contributed by atoms with Crippen molar-refractivity contribution in [1.82, 2.24) is 10.6 Å². The Balaban J connectivity index is 1.86. The molecule has 0 atom stereocenters. The molecule has 0 spiro atoms. The first-order valence-corrected chi connectivity index (χ1v) is 10.2. The lowest BCUT2D eigenvalue weighted by Crippen LogP contribution is -2.44. The van der Waals surface area contributed by atoms with Crippen LogP contribution in [0.4, 0.5) is 0 Å². The van der Waals surface area contributed by atoms with Crippen molar-refractivity contribution in [2.24, 2.45) is 4.99 Å². The molecule has 1 heterocycles. The number of hydrogen-bond donors (Lipinski definition) is 2. The monoisotopic (exact) mass is 391 g/mol. The maximum atomic E-state index is 6.33. The van der Waals surface area contributed by atoms with Crippen LogP contribution >= 0.6 is 11.6 Å². The number of rotatable bonds is 6. The summed E-state index contributed by atoms with van der Waals surface area (Å²) in [4.78, 5) is 4.97. The summed E-state index contributed by atoms with van der Waals surface area (Å²) in [6.07, 6.45) is 8.34. The third kappa shape index (κ3) is 4.96. The fourth-order valence-electron chi connectivity index (χ4n) is 3.85. The second-order valence-corrected chi connectivity index (χ2v) is 7.65. The minimum Gasteiger partial charge on any atom is -0.496 e. The van der Waals surface area contributed by atoms with E-state index >= 15 is 0 Å². The zero-order valence-corrected chi connectivity index (χ0v) is 17.0. The van der Waals surface area contributed by atoms with E-state index in [0.29, 0.717) is 12.6 Å². The van der Waals surface area contributed by atoms with Gasteiger partial charge in [-0.15, -0.1) is 0 Å². The van der Waals surface area contributed by atoms with Crippen molar-refractivity contribution in [3.8, 4) is 5.75 Å². The van der Waals surface area contributed by atoms with E-state index in [2.05, 4.69) is 29.7 Å². The van der Waals surface area contributed by atoms with Gasteiger partial charge in [-0.1, -0.05) is 23.8 Å². The SMILES string of the molecule is CCNC(=NCC1(c2cc(Cl)ccc2OC)CCOCC1)NC1CC=CC1. The molecule has 0 amide bonds. The number of aliphatic imine (C=N–C) groups is 1. The van der Waals surface area contributed by atoms with Gasteiger partial charge in [0.1, 0.15) is 5.75 Å². The van der Waals surface area contributed by atoms with E-state index in [9.17, 15) is 0 Å². The number of hydrogen-bond acceptors (Lipinski definition) is 3. The van der Waals surface area contributed by atoms with Crippen LogP contribution in [0.3, 0.4) is 0 Å². The smallest absolute Gasteiger partial charge is 0.191 e. The lowest BCUT2D eigenvalue weighted by molar-refractivity contribution is 0.0522. The zero-order chi connectivity index (χ0) is 19.1. The first-order valence-electron chi connectivity index (χ1n) is 9.78. The highest BCUT2D eigenvalue weighted by molar-refractivity contribution is 6.30. The number of ether oxygens (including phenoxy) is 2. The molecule has 1 aliphatic heterocycles. The van der Waals surface area contributed by atoms with Gasteiger partial charge in [-0.05, 0) is 50.8 Å². The predicted octanol–water partition coefficient (Wildman–Crippen LogP) is 3.67. The van der Waals surface area contributed by atoms with Gasteiger partial charge in [0.05, 0.1) is 13.7 Å². The number of guanidine groups is 1. The largest absolute Gasteiger partial charge is 0.496 e. The summed E-state index contributed by atoms with van der Waals surface area (Å²) < 4.78 is 11.3. The Hall–Kier alpha value is -1.72. The molecule has 148 valence electrons. The highest BCUT2D eigenvalue weighted by Gasteiger charge is 2.37. The summed E-state index contributed by atoms with van der Waals surface area (Å²) in [6.45, 7) is 5.04. The fourth-order valence-corrected chi connectivity index (χ4v) is 4.02. The van der Waals surface area contributed by atoms with E-state index in [1.165, 1.54) is 0 Å². The summed E-state index contributed by atoms with van der Waals surface area (Å²) in [5.41, 5.74) is 0.994. The maximum absolute atomic E-state index is 6.33. The van der Waals surface area contributed by atoms with E-state index in [-0.39, 0.29) is 5.41 Å². The third-order valence-electron chi connectivity index (χ3n) is 5.42. The number of methoxy groups -OCH3 is 1. The highest BCUT2D eigenvalue weighted by Crippen LogP contribution is 2.41. The van der Waals surface area contributed by atoms with Gasteiger partial charge in [-0.3, -0.25) is 4.99 Å². The van der Waals surface area contributed by atoms with E-state index in [1.54, 1.807) is 7.11 Å². The van der Waals surface area contributed by atoms with Gasteiger partial charge < -0.3 is 20.1 Å². The van der Waals surface area contributed by atoms with Gasteiger partial charge in [0.15, 0.2) is 5.96 Å². The van der Waals surface area contributed by atoms with Gasteiger partial charge in [-0.2, -0.15) is 0 Å². The first kappa shape index (κ1) is 20.0. The molecule has 5 nitrogen and oxygen atoms in total. The van der Waals surface area contributed by atoms with Gasteiger partial charge >= 0.3 is 0 Å². The average molecular weight is 392 g/mol. The Morgan fingerprint density at radius 2 is 2.04 bits per heavy atom. The van der Waals surface area contributed by atoms with Crippen molar-refractivity contribution in [3.05, 3.63) is 40.9 Å². The van der Waals surface area contributed by atoms with Crippen LogP contribution < -0.4 is 15.4 Å². The van der Waals surface area contributed by atoms with E-state index in [0.717, 1.165) is 67.7 Å². The average Bonchev–Trinajstić information content (AvgIpc) is 3.20. The lowest BCUT2D eigenvalue weighted by Gasteiger charge is -2.37. The molecule has 1 aromatic carbocycles. The summed E-state index contributed by atoms with van der Waals surface area (Å²) in [5.74, 6) is 1.74. The molecular weight excluding hydrogens is 362 g/mol. The number of nitrogens with one attached hydrogen (secondary N) is 2. The van der Waals surface area contributed by atoms with Gasteiger partial charge in [0.25, 0.3) is 0 Å². The summed E-state index contributed by atoms with van der Waals surface area (Å²) in [7, 11) is 1.71.